The molecule has 1 aliphatic heterocycles. The summed E-state index contributed by atoms with van der Waals surface area (Å²) in [5.74, 6) is -0.711. The number of imide groups is 1. The second-order valence-corrected chi connectivity index (χ2v) is 7.31. The van der Waals surface area contributed by atoms with E-state index in [1.54, 1.807) is 42.5 Å². The first-order valence-electron chi connectivity index (χ1n) is 10.5. The van der Waals surface area contributed by atoms with Crippen molar-refractivity contribution in [1.82, 2.24) is 0 Å². The summed E-state index contributed by atoms with van der Waals surface area (Å²) >= 11 is 0. The van der Waals surface area contributed by atoms with Crippen molar-refractivity contribution in [2.24, 2.45) is 0 Å². The van der Waals surface area contributed by atoms with E-state index in [1.807, 2.05) is 26.0 Å². The highest BCUT2D eigenvalue weighted by molar-refractivity contribution is 6.46. The van der Waals surface area contributed by atoms with Crippen LogP contribution in [0.15, 0.2) is 78.5 Å². The van der Waals surface area contributed by atoms with Crippen LogP contribution < -0.4 is 15.0 Å². The zero-order chi connectivity index (χ0) is 22.7. The van der Waals surface area contributed by atoms with Crippen LogP contribution in [-0.2, 0) is 16.0 Å². The first-order chi connectivity index (χ1) is 15.5. The standard InChI is InChI=1S/C26H23FN2O3/c1-3-17-8-12-21(13-9-17)29-25(30)23(18-10-14-22(15-11-18)32-4-2)24(26(29)31)28-20-7-5-6-19(27)16-20/h5-16,28H,3-4H2,1-2H3. The maximum Gasteiger partial charge on any atom is 0.282 e. The van der Waals surface area contributed by atoms with Crippen LogP contribution >= 0.6 is 0 Å². The second kappa shape index (κ2) is 9.06. The van der Waals surface area contributed by atoms with E-state index < -0.39 is 17.6 Å². The summed E-state index contributed by atoms with van der Waals surface area (Å²) in [6.07, 6.45) is 0.851. The zero-order valence-electron chi connectivity index (χ0n) is 17.9. The molecule has 0 aromatic heterocycles. The van der Waals surface area contributed by atoms with Gasteiger partial charge in [-0.3, -0.25) is 9.59 Å². The Hall–Kier alpha value is -3.93. The molecule has 0 saturated heterocycles. The van der Waals surface area contributed by atoms with Gasteiger partial charge in [0.2, 0.25) is 0 Å². The number of ether oxygens (including phenoxy) is 1. The summed E-state index contributed by atoms with van der Waals surface area (Å²) in [6, 6.07) is 20.1. The van der Waals surface area contributed by atoms with Crippen LogP contribution in [0.3, 0.4) is 0 Å². The molecule has 0 bridgehead atoms. The molecule has 4 rings (SSSR count). The van der Waals surface area contributed by atoms with Crippen molar-refractivity contribution < 1.29 is 18.7 Å². The summed E-state index contributed by atoms with van der Waals surface area (Å²) in [4.78, 5) is 28.0. The molecule has 0 radical (unpaired) electrons. The summed E-state index contributed by atoms with van der Waals surface area (Å²) in [5.41, 5.74) is 2.86. The summed E-state index contributed by atoms with van der Waals surface area (Å²) in [5, 5.41) is 2.97. The molecule has 3 aromatic carbocycles. The normalized spacial score (nSPS) is 13.7. The Morgan fingerprint density at radius 1 is 0.906 bits per heavy atom. The average molecular weight is 430 g/mol. The largest absolute Gasteiger partial charge is 0.494 e. The van der Waals surface area contributed by atoms with E-state index in [-0.39, 0.29) is 11.3 Å². The van der Waals surface area contributed by atoms with E-state index in [2.05, 4.69) is 5.32 Å². The molecule has 1 heterocycles. The molecule has 0 atom stereocenters. The Balaban J connectivity index is 1.77. The smallest absolute Gasteiger partial charge is 0.282 e. The minimum absolute atomic E-state index is 0.101. The minimum atomic E-state index is -0.493. The predicted octanol–water partition coefficient (Wildman–Crippen LogP) is 5.18. The molecule has 162 valence electrons. The fourth-order valence-corrected chi connectivity index (χ4v) is 3.62. The van der Waals surface area contributed by atoms with Crippen LogP contribution in [0.5, 0.6) is 5.75 Å². The quantitative estimate of drug-likeness (QED) is 0.525. The maximum atomic E-state index is 13.7. The number of halogens is 1. The number of nitrogens with zero attached hydrogens (tertiary/aromatic N) is 1. The monoisotopic (exact) mass is 430 g/mol. The van der Waals surface area contributed by atoms with Crippen LogP contribution in [-0.4, -0.2) is 18.4 Å². The fourth-order valence-electron chi connectivity index (χ4n) is 3.62. The van der Waals surface area contributed by atoms with E-state index >= 15 is 0 Å². The van der Waals surface area contributed by atoms with Gasteiger partial charge in [-0.15, -0.1) is 0 Å². The first kappa shape index (κ1) is 21.3. The Kier molecular flexibility index (Phi) is 6.03. The summed E-state index contributed by atoms with van der Waals surface area (Å²) < 4.78 is 19.2. The van der Waals surface area contributed by atoms with Crippen molar-refractivity contribution in [2.75, 3.05) is 16.8 Å². The molecule has 0 unspecified atom stereocenters. The lowest BCUT2D eigenvalue weighted by Gasteiger charge is -2.16. The molecule has 1 aliphatic rings. The molecule has 0 fully saturated rings. The number of anilines is 2. The molecule has 2 amide bonds. The molecule has 3 aromatic rings. The third-order valence-corrected chi connectivity index (χ3v) is 5.23. The number of hydrogen-bond donors (Lipinski definition) is 1. The van der Waals surface area contributed by atoms with Gasteiger partial charge in [0.05, 0.1) is 17.9 Å². The first-order valence-corrected chi connectivity index (χ1v) is 10.5. The number of aryl methyl sites for hydroxylation is 1. The number of carbonyl (C=O) groups excluding carboxylic acids is 2. The van der Waals surface area contributed by atoms with E-state index in [4.69, 9.17) is 4.74 Å². The van der Waals surface area contributed by atoms with Crippen LogP contribution in [0, 0.1) is 5.82 Å². The van der Waals surface area contributed by atoms with E-state index in [9.17, 15) is 14.0 Å². The van der Waals surface area contributed by atoms with Crippen LogP contribution in [0.1, 0.15) is 25.0 Å². The fraction of sp³-hybridized carbons (Fsp3) is 0.154. The molecular formula is C26H23FN2O3. The lowest BCUT2D eigenvalue weighted by Crippen LogP contribution is -2.32. The Bertz CT molecular complexity index is 1180. The van der Waals surface area contributed by atoms with Crippen molar-refractivity contribution in [2.45, 2.75) is 20.3 Å². The maximum absolute atomic E-state index is 13.7. The van der Waals surface area contributed by atoms with Crippen LogP contribution in [0.25, 0.3) is 5.57 Å². The molecule has 0 aliphatic carbocycles. The van der Waals surface area contributed by atoms with Crippen LogP contribution in [0.4, 0.5) is 15.8 Å². The minimum Gasteiger partial charge on any atom is -0.494 e. The van der Waals surface area contributed by atoms with Gasteiger partial charge in [0.15, 0.2) is 0 Å². The van der Waals surface area contributed by atoms with Gasteiger partial charge < -0.3 is 10.1 Å². The van der Waals surface area contributed by atoms with Crippen molar-refractivity contribution in [3.8, 4) is 5.75 Å². The molecule has 0 spiro atoms. The van der Waals surface area contributed by atoms with Crippen LogP contribution in [0.2, 0.25) is 0 Å². The highest BCUT2D eigenvalue weighted by Crippen LogP contribution is 2.34. The number of benzene rings is 3. The van der Waals surface area contributed by atoms with Crippen molar-refractivity contribution >= 4 is 28.8 Å². The van der Waals surface area contributed by atoms with Gasteiger partial charge in [0.25, 0.3) is 11.8 Å². The van der Waals surface area contributed by atoms with Gasteiger partial charge in [-0.2, -0.15) is 0 Å². The number of rotatable bonds is 7. The van der Waals surface area contributed by atoms with Gasteiger partial charge in [0, 0.05) is 5.69 Å². The third-order valence-electron chi connectivity index (χ3n) is 5.23. The molecule has 32 heavy (non-hydrogen) atoms. The average Bonchev–Trinajstić information content (AvgIpc) is 3.04. The Labute approximate surface area is 186 Å². The van der Waals surface area contributed by atoms with Gasteiger partial charge >= 0.3 is 0 Å². The van der Waals surface area contributed by atoms with Gasteiger partial charge in [-0.1, -0.05) is 37.3 Å². The highest BCUT2D eigenvalue weighted by atomic mass is 19.1. The van der Waals surface area contributed by atoms with E-state index in [0.717, 1.165) is 16.9 Å². The number of nitrogens with one attached hydrogen (secondary N) is 1. The second-order valence-electron chi connectivity index (χ2n) is 7.31. The van der Waals surface area contributed by atoms with E-state index in [0.29, 0.717) is 29.3 Å². The SMILES string of the molecule is CCOc1ccc(C2=C(Nc3cccc(F)c3)C(=O)N(c3ccc(CC)cc3)C2=O)cc1. The van der Waals surface area contributed by atoms with E-state index in [1.165, 1.54) is 18.2 Å². The van der Waals surface area contributed by atoms with Crippen molar-refractivity contribution in [3.05, 3.63) is 95.4 Å². The molecular weight excluding hydrogens is 407 g/mol. The van der Waals surface area contributed by atoms with Gasteiger partial charge in [-0.05, 0) is 66.9 Å². The lowest BCUT2D eigenvalue weighted by atomic mass is 10.0. The lowest BCUT2D eigenvalue weighted by molar-refractivity contribution is -0.120. The zero-order valence-corrected chi connectivity index (χ0v) is 17.9. The van der Waals surface area contributed by atoms with Crippen molar-refractivity contribution in [1.29, 1.82) is 0 Å². The van der Waals surface area contributed by atoms with Gasteiger partial charge in [0.1, 0.15) is 17.3 Å². The molecule has 5 nitrogen and oxygen atoms in total. The molecule has 6 heteroatoms. The summed E-state index contributed by atoms with van der Waals surface area (Å²) in [7, 11) is 0. The predicted molar refractivity (Wildman–Crippen MR) is 123 cm³/mol. The Morgan fingerprint density at radius 3 is 2.25 bits per heavy atom. The number of hydrogen-bond acceptors (Lipinski definition) is 4. The topological polar surface area (TPSA) is 58.6 Å². The molecule has 1 N–H and O–H groups in total. The van der Waals surface area contributed by atoms with Gasteiger partial charge in [-0.25, -0.2) is 9.29 Å². The molecule has 0 saturated carbocycles. The van der Waals surface area contributed by atoms with Crippen molar-refractivity contribution in [3.63, 3.8) is 0 Å². The highest BCUT2D eigenvalue weighted by Gasteiger charge is 2.40. The number of carbonyl (C=O) groups is 2. The number of amides is 2. The third kappa shape index (κ3) is 4.12. The Morgan fingerprint density at radius 2 is 1.62 bits per heavy atom. The summed E-state index contributed by atoms with van der Waals surface area (Å²) in [6.45, 7) is 4.44.